The van der Waals surface area contributed by atoms with Gasteiger partial charge in [0, 0.05) is 0 Å². The number of carbonyl (C=O) groups is 1. The quantitative estimate of drug-likeness (QED) is 0.312. The standard InChI is InChI=1S/C12H20O4/c1-4-10(13)7-8-11(15-5-2)9-12(14)16-6-3/h7-10,13H,4-6H2,1-3H3/b8-7+,11-9+. The van der Waals surface area contributed by atoms with Gasteiger partial charge in [-0.1, -0.05) is 13.0 Å². The summed E-state index contributed by atoms with van der Waals surface area (Å²) in [5, 5.41) is 9.33. The highest BCUT2D eigenvalue weighted by Gasteiger charge is 2.01. The Bertz CT molecular complexity index is 256. The van der Waals surface area contributed by atoms with Crippen molar-refractivity contribution in [3.63, 3.8) is 0 Å². The minimum Gasteiger partial charge on any atom is -0.494 e. The molecular weight excluding hydrogens is 208 g/mol. The molecule has 0 aromatic heterocycles. The van der Waals surface area contributed by atoms with Gasteiger partial charge in [-0.05, 0) is 26.3 Å². The van der Waals surface area contributed by atoms with E-state index in [1.807, 2.05) is 13.8 Å². The zero-order valence-corrected chi connectivity index (χ0v) is 10.1. The van der Waals surface area contributed by atoms with Crippen LogP contribution in [0, 0.1) is 0 Å². The first-order chi connectivity index (χ1) is 7.63. The molecule has 0 bridgehead atoms. The summed E-state index contributed by atoms with van der Waals surface area (Å²) >= 11 is 0. The van der Waals surface area contributed by atoms with Gasteiger partial charge >= 0.3 is 5.97 Å². The van der Waals surface area contributed by atoms with Gasteiger partial charge in [-0.25, -0.2) is 4.79 Å². The van der Waals surface area contributed by atoms with E-state index in [2.05, 4.69) is 0 Å². The van der Waals surface area contributed by atoms with Crippen LogP contribution in [0.3, 0.4) is 0 Å². The monoisotopic (exact) mass is 228 g/mol. The summed E-state index contributed by atoms with van der Waals surface area (Å²) in [4.78, 5) is 11.2. The summed E-state index contributed by atoms with van der Waals surface area (Å²) in [5.41, 5.74) is 0. The highest BCUT2D eigenvalue weighted by molar-refractivity contribution is 5.82. The van der Waals surface area contributed by atoms with Crippen LogP contribution in [0.25, 0.3) is 0 Å². The van der Waals surface area contributed by atoms with Crippen LogP contribution in [-0.4, -0.2) is 30.4 Å². The predicted octanol–water partition coefficient (Wildman–Crippen LogP) is 1.80. The van der Waals surface area contributed by atoms with Gasteiger partial charge in [-0.15, -0.1) is 0 Å². The molecule has 0 saturated carbocycles. The molecule has 0 aliphatic heterocycles. The van der Waals surface area contributed by atoms with E-state index in [4.69, 9.17) is 9.47 Å². The number of ether oxygens (including phenoxy) is 2. The third-order valence-electron chi connectivity index (χ3n) is 1.76. The molecule has 0 aliphatic rings. The fourth-order valence-corrected chi connectivity index (χ4v) is 0.947. The third kappa shape index (κ3) is 7.06. The summed E-state index contributed by atoms with van der Waals surface area (Å²) < 4.78 is 9.98. The Morgan fingerprint density at radius 2 is 1.88 bits per heavy atom. The van der Waals surface area contributed by atoms with Gasteiger partial charge in [0.2, 0.25) is 0 Å². The van der Waals surface area contributed by atoms with Gasteiger partial charge in [0.1, 0.15) is 5.76 Å². The summed E-state index contributed by atoms with van der Waals surface area (Å²) in [6.45, 7) is 6.21. The second kappa shape index (κ2) is 8.97. The number of carbonyl (C=O) groups excluding carboxylic acids is 1. The SMILES string of the molecule is CCOC(=O)/C=C(\C=C\C(O)CC)OCC. The first-order valence-electron chi connectivity index (χ1n) is 5.51. The number of hydrogen-bond donors (Lipinski definition) is 1. The van der Waals surface area contributed by atoms with Gasteiger partial charge in [-0.3, -0.25) is 0 Å². The molecule has 0 rings (SSSR count). The molecule has 0 amide bonds. The maximum atomic E-state index is 11.2. The molecule has 16 heavy (non-hydrogen) atoms. The molecule has 4 nitrogen and oxygen atoms in total. The second-order valence-electron chi connectivity index (χ2n) is 3.07. The van der Waals surface area contributed by atoms with E-state index >= 15 is 0 Å². The summed E-state index contributed by atoms with van der Waals surface area (Å²) in [7, 11) is 0. The first-order valence-corrected chi connectivity index (χ1v) is 5.51. The highest BCUT2D eigenvalue weighted by atomic mass is 16.5. The van der Waals surface area contributed by atoms with Crippen molar-refractivity contribution in [3.05, 3.63) is 24.0 Å². The lowest BCUT2D eigenvalue weighted by atomic mass is 10.2. The lowest BCUT2D eigenvalue weighted by Gasteiger charge is -2.05. The number of hydrogen-bond acceptors (Lipinski definition) is 4. The molecule has 92 valence electrons. The van der Waals surface area contributed by atoms with Crippen LogP contribution < -0.4 is 0 Å². The van der Waals surface area contributed by atoms with Crippen molar-refractivity contribution in [1.82, 2.24) is 0 Å². The fourth-order valence-electron chi connectivity index (χ4n) is 0.947. The van der Waals surface area contributed by atoms with Crippen LogP contribution in [0.4, 0.5) is 0 Å². The van der Waals surface area contributed by atoms with Crippen LogP contribution in [-0.2, 0) is 14.3 Å². The van der Waals surface area contributed by atoms with E-state index in [1.165, 1.54) is 6.08 Å². The smallest absolute Gasteiger partial charge is 0.334 e. The van der Waals surface area contributed by atoms with Crippen molar-refractivity contribution in [2.75, 3.05) is 13.2 Å². The Labute approximate surface area is 96.6 Å². The van der Waals surface area contributed by atoms with Gasteiger partial charge in [0.15, 0.2) is 0 Å². The van der Waals surface area contributed by atoms with Gasteiger partial charge in [0.25, 0.3) is 0 Å². The maximum Gasteiger partial charge on any atom is 0.334 e. The molecule has 4 heteroatoms. The summed E-state index contributed by atoms with van der Waals surface area (Å²) in [6, 6.07) is 0. The minimum atomic E-state index is -0.522. The molecule has 1 unspecified atom stereocenters. The fraction of sp³-hybridized carbons (Fsp3) is 0.583. The van der Waals surface area contributed by atoms with Crippen LogP contribution in [0.1, 0.15) is 27.2 Å². The van der Waals surface area contributed by atoms with E-state index in [1.54, 1.807) is 19.1 Å². The van der Waals surface area contributed by atoms with Crippen molar-refractivity contribution >= 4 is 5.97 Å². The van der Waals surface area contributed by atoms with Crippen LogP contribution in [0.5, 0.6) is 0 Å². The van der Waals surface area contributed by atoms with Crippen molar-refractivity contribution in [3.8, 4) is 0 Å². The molecule has 0 aliphatic carbocycles. The van der Waals surface area contributed by atoms with Gasteiger partial charge in [-0.2, -0.15) is 0 Å². The topological polar surface area (TPSA) is 55.8 Å². The van der Waals surface area contributed by atoms with E-state index in [0.717, 1.165) is 0 Å². The van der Waals surface area contributed by atoms with Gasteiger partial charge < -0.3 is 14.6 Å². The molecule has 0 fully saturated rings. The lowest BCUT2D eigenvalue weighted by Crippen LogP contribution is -2.03. The Morgan fingerprint density at radius 3 is 2.38 bits per heavy atom. The van der Waals surface area contributed by atoms with E-state index in [9.17, 15) is 9.90 Å². The maximum absolute atomic E-state index is 11.2. The molecule has 0 spiro atoms. The average Bonchev–Trinajstić information content (AvgIpc) is 2.26. The highest BCUT2D eigenvalue weighted by Crippen LogP contribution is 2.03. The summed E-state index contributed by atoms with van der Waals surface area (Å²) in [6.07, 6.45) is 4.53. The molecule has 1 N–H and O–H groups in total. The largest absolute Gasteiger partial charge is 0.494 e. The number of esters is 1. The molecule has 0 heterocycles. The molecule has 0 radical (unpaired) electrons. The molecule has 1 atom stereocenters. The minimum absolute atomic E-state index is 0.329. The zero-order chi connectivity index (χ0) is 12.4. The van der Waals surface area contributed by atoms with Crippen molar-refractivity contribution in [1.29, 1.82) is 0 Å². The first kappa shape index (κ1) is 14.7. The van der Waals surface area contributed by atoms with Crippen LogP contribution >= 0.6 is 0 Å². The van der Waals surface area contributed by atoms with Crippen molar-refractivity contribution < 1.29 is 19.4 Å². The second-order valence-corrected chi connectivity index (χ2v) is 3.07. The number of rotatable bonds is 7. The normalized spacial score (nSPS) is 13.9. The van der Waals surface area contributed by atoms with Crippen LogP contribution in [0.15, 0.2) is 24.0 Å². The zero-order valence-electron chi connectivity index (χ0n) is 10.1. The Morgan fingerprint density at radius 1 is 1.25 bits per heavy atom. The number of allylic oxidation sites excluding steroid dienone is 1. The molecule has 0 saturated heterocycles. The Hall–Kier alpha value is -1.29. The number of aliphatic hydroxyl groups is 1. The van der Waals surface area contributed by atoms with Crippen LogP contribution in [0.2, 0.25) is 0 Å². The van der Waals surface area contributed by atoms with Gasteiger partial charge in [0.05, 0.1) is 25.4 Å². The predicted molar refractivity (Wildman–Crippen MR) is 61.8 cm³/mol. The lowest BCUT2D eigenvalue weighted by molar-refractivity contribution is -0.137. The molecule has 0 aromatic carbocycles. The number of aliphatic hydroxyl groups excluding tert-OH is 1. The third-order valence-corrected chi connectivity index (χ3v) is 1.76. The van der Waals surface area contributed by atoms with Crippen molar-refractivity contribution in [2.24, 2.45) is 0 Å². The summed E-state index contributed by atoms with van der Waals surface area (Å²) in [5.74, 6) is -0.0463. The van der Waals surface area contributed by atoms with E-state index in [-0.39, 0.29) is 0 Å². The van der Waals surface area contributed by atoms with E-state index in [0.29, 0.717) is 25.4 Å². The van der Waals surface area contributed by atoms with Crippen molar-refractivity contribution in [2.45, 2.75) is 33.3 Å². The Kier molecular flexibility index (Phi) is 8.25. The Balaban J connectivity index is 4.47. The van der Waals surface area contributed by atoms with E-state index < -0.39 is 12.1 Å². The average molecular weight is 228 g/mol. The molecule has 0 aromatic rings. The molecular formula is C12H20O4.